The largest absolute Gasteiger partial charge is 0.356 e. The third-order valence-corrected chi connectivity index (χ3v) is 4.31. The molecule has 19 heavy (non-hydrogen) atoms. The molecule has 1 saturated heterocycles. The first-order chi connectivity index (χ1) is 9.38. The predicted molar refractivity (Wildman–Crippen MR) is 76.3 cm³/mol. The molecule has 0 atom stereocenters. The van der Waals surface area contributed by atoms with E-state index in [1.807, 2.05) is 0 Å². The Morgan fingerprint density at radius 2 is 1.74 bits per heavy atom. The molecule has 1 aromatic rings. The monoisotopic (exact) mass is 255 g/mol. The molecule has 0 unspecified atom stereocenters. The first-order valence-corrected chi connectivity index (χ1v) is 7.56. The molecule has 0 radical (unpaired) electrons. The van der Waals surface area contributed by atoms with Crippen molar-refractivity contribution in [1.29, 1.82) is 5.26 Å². The van der Waals surface area contributed by atoms with Gasteiger partial charge < -0.3 is 4.90 Å². The minimum Gasteiger partial charge on any atom is -0.356 e. The van der Waals surface area contributed by atoms with Crippen molar-refractivity contribution in [1.82, 2.24) is 4.98 Å². The fourth-order valence-electron chi connectivity index (χ4n) is 3.24. The van der Waals surface area contributed by atoms with Crippen LogP contribution in [0.3, 0.4) is 0 Å². The number of aryl methyl sites for hydroxylation is 2. The molecule has 0 bridgehead atoms. The zero-order valence-electron chi connectivity index (χ0n) is 11.5. The van der Waals surface area contributed by atoms with Crippen LogP contribution in [0, 0.1) is 11.3 Å². The number of hydrogen-bond donors (Lipinski definition) is 0. The highest BCUT2D eigenvalue weighted by atomic mass is 15.2. The molecule has 2 heterocycles. The first kappa shape index (κ1) is 12.5. The summed E-state index contributed by atoms with van der Waals surface area (Å²) in [6, 6.07) is 4.44. The summed E-state index contributed by atoms with van der Waals surface area (Å²) in [7, 11) is 0. The van der Waals surface area contributed by atoms with Crippen LogP contribution in [0.5, 0.6) is 0 Å². The fourth-order valence-corrected chi connectivity index (χ4v) is 3.24. The minimum atomic E-state index is 0.779. The van der Waals surface area contributed by atoms with Crippen LogP contribution in [-0.2, 0) is 12.8 Å². The quantitative estimate of drug-likeness (QED) is 0.773. The average molecular weight is 255 g/mol. The summed E-state index contributed by atoms with van der Waals surface area (Å²) in [6.45, 7) is 2.11. The van der Waals surface area contributed by atoms with Crippen molar-refractivity contribution < 1.29 is 0 Å². The Morgan fingerprint density at radius 3 is 2.47 bits per heavy atom. The van der Waals surface area contributed by atoms with Gasteiger partial charge in [-0.2, -0.15) is 5.26 Å². The molecule has 0 aromatic carbocycles. The molecule has 0 N–H and O–H groups in total. The molecule has 1 aliphatic heterocycles. The van der Waals surface area contributed by atoms with E-state index in [-0.39, 0.29) is 0 Å². The maximum Gasteiger partial charge on any atom is 0.146 e. The van der Waals surface area contributed by atoms with Crippen molar-refractivity contribution in [2.75, 3.05) is 18.0 Å². The Bertz CT molecular complexity index is 493. The lowest BCUT2D eigenvalue weighted by Gasteiger charge is -2.27. The topological polar surface area (TPSA) is 39.9 Å². The number of fused-ring (bicyclic) bond motifs is 1. The Balaban J connectivity index is 1.91. The number of anilines is 1. The summed E-state index contributed by atoms with van der Waals surface area (Å²) < 4.78 is 0. The predicted octanol–water partition coefficient (Wildman–Crippen LogP) is 3.21. The molecule has 0 spiro atoms. The van der Waals surface area contributed by atoms with E-state index in [2.05, 4.69) is 17.0 Å². The number of nitriles is 1. The van der Waals surface area contributed by atoms with E-state index in [9.17, 15) is 5.26 Å². The first-order valence-electron chi connectivity index (χ1n) is 7.56. The third kappa shape index (κ3) is 2.58. The number of aromatic nitrogens is 1. The van der Waals surface area contributed by atoms with E-state index < -0.39 is 0 Å². The van der Waals surface area contributed by atoms with Crippen LogP contribution in [-0.4, -0.2) is 18.1 Å². The van der Waals surface area contributed by atoms with Gasteiger partial charge in [-0.15, -0.1) is 0 Å². The SMILES string of the molecule is N#Cc1cc2c(nc1N1CCCCCCC1)CCC2. The lowest BCUT2D eigenvalue weighted by Crippen LogP contribution is -2.29. The Morgan fingerprint density at radius 1 is 1.00 bits per heavy atom. The van der Waals surface area contributed by atoms with Crippen molar-refractivity contribution in [3.8, 4) is 6.07 Å². The second-order valence-corrected chi connectivity index (χ2v) is 5.69. The van der Waals surface area contributed by atoms with Crippen LogP contribution in [0.4, 0.5) is 5.82 Å². The van der Waals surface area contributed by atoms with Gasteiger partial charge in [0.1, 0.15) is 11.9 Å². The van der Waals surface area contributed by atoms with E-state index in [0.717, 1.165) is 37.3 Å². The van der Waals surface area contributed by atoms with E-state index in [0.29, 0.717) is 0 Å². The molecule has 0 amide bonds. The molecule has 3 nitrogen and oxygen atoms in total. The van der Waals surface area contributed by atoms with E-state index in [1.54, 1.807) is 0 Å². The smallest absolute Gasteiger partial charge is 0.146 e. The Hall–Kier alpha value is -1.56. The second-order valence-electron chi connectivity index (χ2n) is 5.69. The molecular weight excluding hydrogens is 234 g/mol. The average Bonchev–Trinajstić information content (AvgIpc) is 2.84. The van der Waals surface area contributed by atoms with Gasteiger partial charge in [-0.05, 0) is 43.7 Å². The zero-order valence-corrected chi connectivity index (χ0v) is 11.5. The van der Waals surface area contributed by atoms with Crippen molar-refractivity contribution in [2.45, 2.75) is 51.4 Å². The highest BCUT2D eigenvalue weighted by molar-refractivity contribution is 5.56. The van der Waals surface area contributed by atoms with Gasteiger partial charge in [0.25, 0.3) is 0 Å². The summed E-state index contributed by atoms with van der Waals surface area (Å²) in [5.41, 5.74) is 3.31. The molecule has 100 valence electrons. The number of rotatable bonds is 1. The van der Waals surface area contributed by atoms with Crippen LogP contribution in [0.2, 0.25) is 0 Å². The Kier molecular flexibility index (Phi) is 3.68. The van der Waals surface area contributed by atoms with Gasteiger partial charge >= 0.3 is 0 Å². The summed E-state index contributed by atoms with van der Waals surface area (Å²) in [6.07, 6.45) is 9.80. The van der Waals surface area contributed by atoms with Crippen LogP contribution in [0.1, 0.15) is 55.3 Å². The molecule has 1 fully saturated rings. The maximum atomic E-state index is 9.39. The summed E-state index contributed by atoms with van der Waals surface area (Å²) in [5.74, 6) is 0.949. The van der Waals surface area contributed by atoms with Gasteiger partial charge in [0.15, 0.2) is 0 Å². The highest BCUT2D eigenvalue weighted by Crippen LogP contribution is 2.28. The van der Waals surface area contributed by atoms with Crippen molar-refractivity contribution in [3.05, 3.63) is 22.9 Å². The summed E-state index contributed by atoms with van der Waals surface area (Å²) in [5, 5.41) is 9.39. The summed E-state index contributed by atoms with van der Waals surface area (Å²) >= 11 is 0. The molecule has 2 aliphatic rings. The third-order valence-electron chi connectivity index (χ3n) is 4.31. The number of pyridine rings is 1. The van der Waals surface area contributed by atoms with Crippen molar-refractivity contribution in [2.24, 2.45) is 0 Å². The van der Waals surface area contributed by atoms with Crippen molar-refractivity contribution in [3.63, 3.8) is 0 Å². The van der Waals surface area contributed by atoms with Crippen LogP contribution in [0.25, 0.3) is 0 Å². The molecule has 0 saturated carbocycles. The standard InChI is InChI=1S/C16H21N3/c17-12-14-11-13-7-6-8-15(13)18-16(14)19-9-4-2-1-3-5-10-19/h11H,1-10H2. The normalized spacial score (nSPS) is 19.4. The van der Waals surface area contributed by atoms with Crippen LogP contribution in [0.15, 0.2) is 6.07 Å². The van der Waals surface area contributed by atoms with Crippen LogP contribution < -0.4 is 4.90 Å². The zero-order chi connectivity index (χ0) is 13.1. The number of hydrogen-bond acceptors (Lipinski definition) is 3. The highest BCUT2D eigenvalue weighted by Gasteiger charge is 2.20. The second kappa shape index (κ2) is 5.61. The van der Waals surface area contributed by atoms with Crippen LogP contribution >= 0.6 is 0 Å². The van der Waals surface area contributed by atoms with E-state index >= 15 is 0 Å². The van der Waals surface area contributed by atoms with Gasteiger partial charge in [0.05, 0.1) is 5.56 Å². The fraction of sp³-hybridized carbons (Fsp3) is 0.625. The molecule has 3 rings (SSSR count). The van der Waals surface area contributed by atoms with E-state index in [1.165, 1.54) is 49.8 Å². The molecule has 1 aliphatic carbocycles. The lowest BCUT2D eigenvalue weighted by atomic mass is 10.1. The Labute approximate surface area is 115 Å². The lowest BCUT2D eigenvalue weighted by molar-refractivity contribution is 0.553. The van der Waals surface area contributed by atoms with Crippen molar-refractivity contribution >= 4 is 5.82 Å². The van der Waals surface area contributed by atoms with Gasteiger partial charge in [0, 0.05) is 18.8 Å². The maximum absolute atomic E-state index is 9.39. The number of nitrogens with zero attached hydrogens (tertiary/aromatic N) is 3. The molecule has 1 aromatic heterocycles. The molecule has 3 heteroatoms. The van der Waals surface area contributed by atoms with Gasteiger partial charge in [-0.3, -0.25) is 0 Å². The van der Waals surface area contributed by atoms with E-state index in [4.69, 9.17) is 4.98 Å². The van der Waals surface area contributed by atoms with Gasteiger partial charge in [-0.25, -0.2) is 4.98 Å². The summed E-state index contributed by atoms with van der Waals surface area (Å²) in [4.78, 5) is 7.17. The van der Waals surface area contributed by atoms with Gasteiger partial charge in [0.2, 0.25) is 0 Å². The minimum absolute atomic E-state index is 0.779. The van der Waals surface area contributed by atoms with Gasteiger partial charge in [-0.1, -0.05) is 19.3 Å². The molecular formula is C16H21N3.